The Bertz CT molecular complexity index is 754. The van der Waals surface area contributed by atoms with Gasteiger partial charge in [0.25, 0.3) is 0 Å². The minimum absolute atomic E-state index is 0.917. The van der Waals surface area contributed by atoms with Gasteiger partial charge in [-0.2, -0.15) is 0 Å². The summed E-state index contributed by atoms with van der Waals surface area (Å²) in [6.07, 6.45) is 7.69. The lowest BCUT2D eigenvalue weighted by Gasteiger charge is -2.05. The molecule has 3 heteroatoms. The maximum absolute atomic E-state index is 4.15. The number of benzene rings is 1. The van der Waals surface area contributed by atoms with E-state index in [9.17, 15) is 0 Å². The van der Waals surface area contributed by atoms with Gasteiger partial charge in [0.2, 0.25) is 0 Å². The zero-order valence-electron chi connectivity index (χ0n) is 11.9. The molecule has 21 heavy (non-hydrogen) atoms. The zero-order chi connectivity index (χ0) is 14.1. The molecular weight excluding hydrogens is 276 g/mol. The van der Waals surface area contributed by atoms with Crippen LogP contribution in [0.4, 0.5) is 0 Å². The van der Waals surface area contributed by atoms with Crippen molar-refractivity contribution in [1.82, 2.24) is 10.3 Å². The highest BCUT2D eigenvalue weighted by atomic mass is 32.1. The zero-order valence-corrected chi connectivity index (χ0v) is 12.7. The molecule has 0 spiro atoms. The molecule has 0 bridgehead atoms. The van der Waals surface area contributed by atoms with Crippen LogP contribution in [0.5, 0.6) is 0 Å². The van der Waals surface area contributed by atoms with E-state index in [4.69, 9.17) is 0 Å². The van der Waals surface area contributed by atoms with Crippen molar-refractivity contribution in [3.8, 4) is 0 Å². The van der Waals surface area contributed by atoms with Gasteiger partial charge in [-0.25, -0.2) is 0 Å². The Morgan fingerprint density at radius 2 is 2.05 bits per heavy atom. The van der Waals surface area contributed by atoms with Crippen LogP contribution in [0, 0.1) is 0 Å². The molecule has 1 aliphatic carbocycles. The average molecular weight is 294 g/mol. The van der Waals surface area contributed by atoms with Gasteiger partial charge in [-0.05, 0) is 54.0 Å². The summed E-state index contributed by atoms with van der Waals surface area (Å²) in [6, 6.07) is 11.1. The fraction of sp³-hybridized carbons (Fsp3) is 0.278. The Morgan fingerprint density at radius 1 is 1.05 bits per heavy atom. The highest BCUT2D eigenvalue weighted by Crippen LogP contribution is 2.30. The molecule has 106 valence electrons. The molecule has 1 aliphatic rings. The van der Waals surface area contributed by atoms with E-state index >= 15 is 0 Å². The Kier molecular flexibility index (Phi) is 3.45. The lowest BCUT2D eigenvalue weighted by Crippen LogP contribution is -2.11. The number of fused-ring (bicyclic) bond motifs is 2. The van der Waals surface area contributed by atoms with Gasteiger partial charge in [-0.3, -0.25) is 4.98 Å². The number of aryl methyl sites for hydroxylation is 2. The second-order valence-electron chi connectivity index (χ2n) is 5.68. The second-order valence-corrected chi connectivity index (χ2v) is 6.90. The van der Waals surface area contributed by atoms with Crippen molar-refractivity contribution in [2.45, 2.75) is 32.4 Å². The number of pyridine rings is 1. The van der Waals surface area contributed by atoms with Gasteiger partial charge in [0.05, 0.1) is 0 Å². The SMILES string of the molecule is c1cc2cc(CNCc3cc4c(s3)CCC4)ccc2cn1. The Hall–Kier alpha value is -1.71. The van der Waals surface area contributed by atoms with E-state index in [0.29, 0.717) is 0 Å². The van der Waals surface area contributed by atoms with Gasteiger partial charge in [-0.15, -0.1) is 11.3 Å². The van der Waals surface area contributed by atoms with Gasteiger partial charge in [0, 0.05) is 40.6 Å². The van der Waals surface area contributed by atoms with E-state index in [1.165, 1.54) is 40.5 Å². The third kappa shape index (κ3) is 2.71. The number of nitrogens with one attached hydrogen (secondary N) is 1. The van der Waals surface area contributed by atoms with Crippen molar-refractivity contribution in [3.63, 3.8) is 0 Å². The molecular formula is C18H18N2S. The molecule has 2 aromatic heterocycles. The maximum Gasteiger partial charge on any atom is 0.0346 e. The van der Waals surface area contributed by atoms with Crippen LogP contribution in [-0.2, 0) is 25.9 Å². The molecule has 0 amide bonds. The molecule has 4 rings (SSSR count). The molecule has 3 aromatic rings. The van der Waals surface area contributed by atoms with E-state index in [-0.39, 0.29) is 0 Å². The normalized spacial score (nSPS) is 13.7. The van der Waals surface area contributed by atoms with Crippen LogP contribution in [-0.4, -0.2) is 4.98 Å². The molecule has 1 N–H and O–H groups in total. The van der Waals surface area contributed by atoms with Gasteiger partial charge in [0.15, 0.2) is 0 Å². The van der Waals surface area contributed by atoms with Gasteiger partial charge >= 0.3 is 0 Å². The first-order chi connectivity index (χ1) is 10.4. The van der Waals surface area contributed by atoms with E-state index in [1.54, 1.807) is 10.4 Å². The second kappa shape index (κ2) is 5.58. The lowest BCUT2D eigenvalue weighted by molar-refractivity contribution is 0.701. The van der Waals surface area contributed by atoms with Crippen LogP contribution in [0.1, 0.15) is 27.3 Å². The molecule has 0 atom stereocenters. The largest absolute Gasteiger partial charge is 0.308 e. The van der Waals surface area contributed by atoms with Crippen LogP contribution in [0.2, 0.25) is 0 Å². The smallest absolute Gasteiger partial charge is 0.0346 e. The first-order valence-corrected chi connectivity index (χ1v) is 8.34. The molecule has 0 saturated heterocycles. The lowest BCUT2D eigenvalue weighted by atomic mass is 10.1. The highest BCUT2D eigenvalue weighted by molar-refractivity contribution is 7.12. The van der Waals surface area contributed by atoms with E-state index in [0.717, 1.165) is 13.1 Å². The van der Waals surface area contributed by atoms with E-state index < -0.39 is 0 Å². The summed E-state index contributed by atoms with van der Waals surface area (Å²) in [4.78, 5) is 7.25. The molecule has 1 aromatic carbocycles. The Labute approximate surface area is 128 Å². The minimum Gasteiger partial charge on any atom is -0.308 e. The summed E-state index contributed by atoms with van der Waals surface area (Å²) in [5.74, 6) is 0. The summed E-state index contributed by atoms with van der Waals surface area (Å²) in [5, 5.41) is 6.03. The van der Waals surface area contributed by atoms with Crippen LogP contribution in [0.15, 0.2) is 42.7 Å². The van der Waals surface area contributed by atoms with Crippen molar-refractivity contribution in [3.05, 3.63) is 63.6 Å². The van der Waals surface area contributed by atoms with Crippen molar-refractivity contribution < 1.29 is 0 Å². The van der Waals surface area contributed by atoms with E-state index in [2.05, 4.69) is 40.6 Å². The number of thiophene rings is 1. The quantitative estimate of drug-likeness (QED) is 0.784. The van der Waals surface area contributed by atoms with Crippen molar-refractivity contribution in [1.29, 1.82) is 0 Å². The molecule has 0 fully saturated rings. The average Bonchev–Trinajstić information content (AvgIpc) is 3.08. The predicted octanol–water partition coefficient (Wildman–Crippen LogP) is 4.07. The number of nitrogens with zero attached hydrogens (tertiary/aromatic N) is 1. The standard InChI is InChI=1S/C18H18N2S/c1-2-15-9-17(21-18(15)3-1)12-20-10-13-4-5-16-11-19-7-6-14(16)8-13/h4-9,11,20H,1-3,10,12H2. The summed E-state index contributed by atoms with van der Waals surface area (Å²) >= 11 is 1.99. The molecule has 0 radical (unpaired) electrons. The molecule has 0 aliphatic heterocycles. The van der Waals surface area contributed by atoms with Crippen molar-refractivity contribution in [2.75, 3.05) is 0 Å². The van der Waals surface area contributed by atoms with E-state index in [1.807, 2.05) is 23.7 Å². The summed E-state index contributed by atoms with van der Waals surface area (Å²) in [6.45, 7) is 1.90. The van der Waals surface area contributed by atoms with Crippen LogP contribution < -0.4 is 5.32 Å². The van der Waals surface area contributed by atoms with Gasteiger partial charge in [-0.1, -0.05) is 12.1 Å². The van der Waals surface area contributed by atoms with Crippen LogP contribution in [0.3, 0.4) is 0 Å². The topological polar surface area (TPSA) is 24.9 Å². The summed E-state index contributed by atoms with van der Waals surface area (Å²) in [5.41, 5.74) is 2.92. The van der Waals surface area contributed by atoms with Crippen LogP contribution >= 0.6 is 11.3 Å². The van der Waals surface area contributed by atoms with Gasteiger partial charge in [0.1, 0.15) is 0 Å². The molecule has 0 unspecified atom stereocenters. The predicted molar refractivity (Wildman–Crippen MR) is 88.6 cm³/mol. The monoisotopic (exact) mass is 294 g/mol. The third-order valence-corrected chi connectivity index (χ3v) is 5.37. The van der Waals surface area contributed by atoms with Crippen LogP contribution in [0.25, 0.3) is 10.8 Å². The Morgan fingerprint density at radius 3 is 3.00 bits per heavy atom. The number of rotatable bonds is 4. The fourth-order valence-corrected chi connectivity index (χ4v) is 4.28. The first kappa shape index (κ1) is 13.0. The highest BCUT2D eigenvalue weighted by Gasteiger charge is 2.14. The molecule has 0 saturated carbocycles. The summed E-state index contributed by atoms with van der Waals surface area (Å²) < 4.78 is 0. The fourth-order valence-electron chi connectivity index (χ4n) is 3.05. The van der Waals surface area contributed by atoms with Gasteiger partial charge < -0.3 is 5.32 Å². The molecule has 2 heterocycles. The van der Waals surface area contributed by atoms with Crippen molar-refractivity contribution >= 4 is 22.1 Å². The Balaban J connectivity index is 1.41. The number of hydrogen-bond donors (Lipinski definition) is 1. The maximum atomic E-state index is 4.15. The van der Waals surface area contributed by atoms with Crippen molar-refractivity contribution in [2.24, 2.45) is 0 Å². The third-order valence-electron chi connectivity index (χ3n) is 4.13. The molecule has 2 nitrogen and oxygen atoms in total. The number of aromatic nitrogens is 1. The first-order valence-electron chi connectivity index (χ1n) is 7.52. The summed E-state index contributed by atoms with van der Waals surface area (Å²) in [7, 11) is 0. The minimum atomic E-state index is 0.917. The number of hydrogen-bond acceptors (Lipinski definition) is 3.